The third-order valence-corrected chi connectivity index (χ3v) is 10.4. The number of fused-ring (bicyclic) bond motifs is 2. The number of nitrogens with zero attached hydrogens (tertiary/aromatic N) is 3. The number of hydrogen-bond donors (Lipinski definition) is 1. The van der Waals surface area contributed by atoms with Gasteiger partial charge in [-0.15, -0.1) is 0 Å². The van der Waals surface area contributed by atoms with Crippen LogP contribution < -0.4 is 14.5 Å². The first-order chi connectivity index (χ1) is 23.3. The monoisotopic (exact) mass is 667 g/mol. The summed E-state index contributed by atoms with van der Waals surface area (Å²) >= 11 is 6.19. The Bertz CT molecular complexity index is 1760. The van der Waals surface area contributed by atoms with Gasteiger partial charge < -0.3 is 29.3 Å². The van der Waals surface area contributed by atoms with Crippen LogP contribution in [0.15, 0.2) is 103 Å². The van der Waals surface area contributed by atoms with E-state index in [1.165, 1.54) is 4.90 Å². The van der Waals surface area contributed by atoms with Crippen molar-refractivity contribution < 1.29 is 29.0 Å². The molecule has 1 N–H and O–H groups in total. The summed E-state index contributed by atoms with van der Waals surface area (Å²) in [4.78, 5) is 49.7. The van der Waals surface area contributed by atoms with Crippen LogP contribution in [0.4, 0.5) is 11.4 Å². The normalized spacial score (nSPS) is 28.5. The van der Waals surface area contributed by atoms with Gasteiger partial charge in [0.25, 0.3) is 5.91 Å². The summed E-state index contributed by atoms with van der Waals surface area (Å²) in [5.74, 6) is -2.32. The van der Waals surface area contributed by atoms with Crippen LogP contribution in [-0.2, 0) is 19.1 Å². The molecule has 0 saturated carbocycles. The molecule has 0 radical (unpaired) electrons. The molecule has 0 aromatic heterocycles. The minimum absolute atomic E-state index is 0.220. The molecule has 248 valence electrons. The second-order valence-electron chi connectivity index (χ2n) is 12.6. The van der Waals surface area contributed by atoms with Crippen LogP contribution in [-0.4, -0.2) is 71.3 Å². The zero-order valence-electron chi connectivity index (χ0n) is 26.9. The second kappa shape index (κ2) is 12.5. The van der Waals surface area contributed by atoms with E-state index < -0.39 is 47.6 Å². The molecule has 2 saturated heterocycles. The summed E-state index contributed by atoms with van der Waals surface area (Å²) < 4.78 is 12.8. The van der Waals surface area contributed by atoms with Crippen LogP contribution in [0, 0.1) is 11.8 Å². The van der Waals surface area contributed by atoms with Crippen molar-refractivity contribution in [1.29, 1.82) is 0 Å². The third-order valence-electron chi connectivity index (χ3n) is 10.2. The Balaban J connectivity index is 1.38. The van der Waals surface area contributed by atoms with Crippen LogP contribution in [0.25, 0.3) is 0 Å². The lowest BCUT2D eigenvalue weighted by molar-refractivity contribution is -0.149. The van der Waals surface area contributed by atoms with Gasteiger partial charge in [0.05, 0.1) is 36.7 Å². The molecule has 3 aromatic carbocycles. The maximum absolute atomic E-state index is 15.1. The number of hydrogen-bond acceptors (Lipinski definition) is 6. The first-order valence-electron chi connectivity index (χ1n) is 16.4. The first kappa shape index (κ1) is 32.1. The summed E-state index contributed by atoms with van der Waals surface area (Å²) in [5, 5.41) is 11.4. The van der Waals surface area contributed by atoms with E-state index in [1.807, 2.05) is 92.7 Å². The summed E-state index contributed by atoms with van der Waals surface area (Å²) in [6, 6.07) is 21.4. The molecule has 3 amide bonds. The molecule has 2 fully saturated rings. The Labute approximate surface area is 285 Å². The lowest BCUT2D eigenvalue weighted by atomic mass is 9.73. The molecule has 4 aliphatic heterocycles. The number of aliphatic hydroxyl groups is 1. The van der Waals surface area contributed by atoms with Gasteiger partial charge in [-0.25, -0.2) is 0 Å². The predicted octanol–water partition coefficient (Wildman–Crippen LogP) is 5.34. The molecule has 1 spiro atoms. The van der Waals surface area contributed by atoms with Crippen LogP contribution >= 0.6 is 11.6 Å². The molecule has 0 bridgehead atoms. The van der Waals surface area contributed by atoms with E-state index in [0.717, 1.165) is 0 Å². The number of anilines is 2. The molecule has 48 heavy (non-hydrogen) atoms. The summed E-state index contributed by atoms with van der Waals surface area (Å²) in [7, 11) is 0. The fourth-order valence-corrected chi connectivity index (χ4v) is 8.16. The largest absolute Gasteiger partial charge is 0.494 e. The van der Waals surface area contributed by atoms with Crippen molar-refractivity contribution in [3.63, 3.8) is 0 Å². The molecule has 7 rings (SSSR count). The van der Waals surface area contributed by atoms with Crippen molar-refractivity contribution in [2.24, 2.45) is 11.8 Å². The van der Waals surface area contributed by atoms with Gasteiger partial charge in [-0.1, -0.05) is 73.2 Å². The number of carbonyl (C=O) groups excluding carboxylic acids is 3. The van der Waals surface area contributed by atoms with Crippen molar-refractivity contribution in [3.05, 3.63) is 114 Å². The van der Waals surface area contributed by atoms with Gasteiger partial charge in [-0.05, 0) is 67.4 Å². The molecule has 3 aromatic rings. The molecule has 4 aliphatic rings. The van der Waals surface area contributed by atoms with Crippen molar-refractivity contribution in [3.8, 4) is 5.75 Å². The standard InChI is InChI=1S/C38H38ClN3O6/c1-3-37-20-8-22-40(28-16-18-29(19-17-28)47-4-2)34(44)31(37)32-35(45)42(30(24-43)25-10-6-5-7-11-25)33-36(46)41(23-9-21-38(32,33)48-37)27-14-12-26(39)13-15-27/h5-21,30-33,43H,3-4,22-24H2,1-2H3/t30-,31+,32+,33?,37-,38+/m1/s1. The van der Waals surface area contributed by atoms with Gasteiger partial charge in [0.15, 0.2) is 0 Å². The lowest BCUT2D eigenvalue weighted by Crippen LogP contribution is -2.57. The van der Waals surface area contributed by atoms with Crippen LogP contribution in [0.5, 0.6) is 5.75 Å². The average Bonchev–Trinajstić information content (AvgIpc) is 3.39. The highest BCUT2D eigenvalue weighted by molar-refractivity contribution is 6.30. The number of aliphatic hydroxyl groups excluding tert-OH is 1. The smallest absolute Gasteiger partial charge is 0.253 e. The van der Waals surface area contributed by atoms with E-state index in [1.54, 1.807) is 34.1 Å². The predicted molar refractivity (Wildman–Crippen MR) is 183 cm³/mol. The molecule has 6 atom stereocenters. The van der Waals surface area contributed by atoms with Crippen molar-refractivity contribution in [2.75, 3.05) is 36.1 Å². The zero-order valence-corrected chi connectivity index (χ0v) is 27.6. The zero-order chi connectivity index (χ0) is 33.6. The number of likely N-dealkylation sites (tertiary alicyclic amines) is 1. The Kier molecular flexibility index (Phi) is 8.39. The number of carbonyl (C=O) groups is 3. The quantitative estimate of drug-likeness (QED) is 0.326. The van der Waals surface area contributed by atoms with E-state index in [-0.39, 0.29) is 24.9 Å². The van der Waals surface area contributed by atoms with E-state index in [0.29, 0.717) is 40.7 Å². The molecule has 9 nitrogen and oxygen atoms in total. The maximum Gasteiger partial charge on any atom is 0.253 e. The summed E-state index contributed by atoms with van der Waals surface area (Å²) in [6.45, 7) is 4.45. The highest BCUT2D eigenvalue weighted by Crippen LogP contribution is 2.60. The van der Waals surface area contributed by atoms with Gasteiger partial charge in [-0.3, -0.25) is 14.4 Å². The average molecular weight is 668 g/mol. The first-order valence-corrected chi connectivity index (χ1v) is 16.8. The van der Waals surface area contributed by atoms with Gasteiger partial charge in [0.2, 0.25) is 11.8 Å². The van der Waals surface area contributed by atoms with Crippen molar-refractivity contribution in [1.82, 2.24) is 4.90 Å². The third kappa shape index (κ3) is 4.95. The maximum atomic E-state index is 15.1. The number of ether oxygens (including phenoxy) is 2. The lowest BCUT2D eigenvalue weighted by Gasteiger charge is -2.41. The Morgan fingerprint density at radius 3 is 2.08 bits per heavy atom. The van der Waals surface area contributed by atoms with E-state index in [4.69, 9.17) is 21.1 Å². The molecule has 0 aliphatic carbocycles. The Morgan fingerprint density at radius 1 is 0.833 bits per heavy atom. The fraction of sp³-hybridized carbons (Fsp3) is 0.342. The SMILES string of the molecule is CCOc1ccc(N2CC=C[C@@]3(CC)O[C@]45C=CCN(c6ccc(Cl)cc6)C(=O)C4N([C@H](CO)c4ccccc4)C(=O)[C@@H]5[C@H]3C2=O)cc1. The van der Waals surface area contributed by atoms with Crippen LogP contribution in [0.1, 0.15) is 31.9 Å². The topological polar surface area (TPSA) is 99.6 Å². The molecule has 10 heteroatoms. The molecular formula is C38H38ClN3O6. The minimum Gasteiger partial charge on any atom is -0.494 e. The molecule has 4 heterocycles. The second-order valence-corrected chi connectivity index (χ2v) is 13.0. The molecule has 1 unspecified atom stereocenters. The highest BCUT2D eigenvalue weighted by Gasteiger charge is 2.76. The number of amides is 3. The van der Waals surface area contributed by atoms with E-state index in [9.17, 15) is 14.7 Å². The van der Waals surface area contributed by atoms with Gasteiger partial charge in [0.1, 0.15) is 17.4 Å². The van der Waals surface area contributed by atoms with Crippen LogP contribution in [0.3, 0.4) is 0 Å². The highest BCUT2D eigenvalue weighted by atomic mass is 35.5. The van der Waals surface area contributed by atoms with Crippen molar-refractivity contribution in [2.45, 2.75) is 43.6 Å². The van der Waals surface area contributed by atoms with E-state index in [2.05, 4.69) is 0 Å². The van der Waals surface area contributed by atoms with Crippen molar-refractivity contribution >= 4 is 40.7 Å². The Hall–Kier alpha value is -4.44. The van der Waals surface area contributed by atoms with Gasteiger partial charge in [-0.2, -0.15) is 0 Å². The van der Waals surface area contributed by atoms with Crippen LogP contribution in [0.2, 0.25) is 5.02 Å². The van der Waals surface area contributed by atoms with Gasteiger partial charge >= 0.3 is 0 Å². The Morgan fingerprint density at radius 2 is 1.46 bits per heavy atom. The summed E-state index contributed by atoms with van der Waals surface area (Å²) in [6.07, 6.45) is 7.89. The number of benzene rings is 3. The fourth-order valence-electron chi connectivity index (χ4n) is 8.04. The molecular weight excluding hydrogens is 630 g/mol. The van der Waals surface area contributed by atoms with E-state index >= 15 is 4.79 Å². The number of rotatable bonds is 8. The van der Waals surface area contributed by atoms with Gasteiger partial charge in [0, 0.05) is 29.5 Å². The number of halogens is 1. The minimum atomic E-state index is -1.49. The summed E-state index contributed by atoms with van der Waals surface area (Å²) in [5.41, 5.74) is -0.688.